The van der Waals surface area contributed by atoms with Gasteiger partial charge in [0.15, 0.2) is 9.84 Å². The van der Waals surface area contributed by atoms with Crippen LogP contribution < -0.4 is 0 Å². The number of benzene rings is 1. The van der Waals surface area contributed by atoms with Gasteiger partial charge in [0.05, 0.1) is 11.4 Å². The van der Waals surface area contributed by atoms with Crippen LogP contribution in [0.5, 0.6) is 0 Å². The van der Waals surface area contributed by atoms with Crippen LogP contribution in [-0.4, -0.2) is 24.9 Å². The minimum Gasteiger partial charge on any atom is -0.389 e. The molecule has 17 heavy (non-hydrogen) atoms. The summed E-state index contributed by atoms with van der Waals surface area (Å²) in [4.78, 5) is -0.360. The topological polar surface area (TPSA) is 54.4 Å². The van der Waals surface area contributed by atoms with Crippen LogP contribution in [0.2, 0.25) is 0 Å². The van der Waals surface area contributed by atoms with Crippen molar-refractivity contribution in [1.82, 2.24) is 0 Å². The first-order valence-electron chi connectivity index (χ1n) is 5.36. The van der Waals surface area contributed by atoms with Crippen LogP contribution in [0.25, 0.3) is 0 Å². The Morgan fingerprint density at radius 1 is 1.35 bits per heavy atom. The average molecular weight is 260 g/mol. The van der Waals surface area contributed by atoms with Crippen molar-refractivity contribution in [3.8, 4) is 0 Å². The molecule has 96 valence electrons. The zero-order chi connectivity index (χ0) is 13.3. The van der Waals surface area contributed by atoms with E-state index in [1.165, 1.54) is 25.1 Å². The van der Waals surface area contributed by atoms with Gasteiger partial charge in [0.2, 0.25) is 0 Å². The molecule has 0 spiro atoms. The van der Waals surface area contributed by atoms with Gasteiger partial charge in [-0.15, -0.1) is 0 Å². The van der Waals surface area contributed by atoms with Crippen molar-refractivity contribution in [2.75, 3.05) is 5.75 Å². The normalized spacial score (nSPS) is 15.9. The molecule has 1 N–H and O–H groups in total. The first-order valence-corrected chi connectivity index (χ1v) is 7.02. The van der Waals surface area contributed by atoms with E-state index in [1.54, 1.807) is 13.8 Å². The molecule has 1 aromatic rings. The smallest absolute Gasteiger partial charge is 0.184 e. The van der Waals surface area contributed by atoms with Crippen molar-refractivity contribution < 1.29 is 17.9 Å². The van der Waals surface area contributed by atoms with E-state index in [9.17, 15) is 17.9 Å². The lowest BCUT2D eigenvalue weighted by molar-refractivity contribution is 0.0359. The van der Waals surface area contributed by atoms with Gasteiger partial charge in [-0.2, -0.15) is 0 Å². The molecule has 3 nitrogen and oxygen atoms in total. The van der Waals surface area contributed by atoms with E-state index in [2.05, 4.69) is 0 Å². The molecule has 0 aromatic heterocycles. The van der Waals surface area contributed by atoms with E-state index in [4.69, 9.17) is 0 Å². The van der Waals surface area contributed by atoms with Crippen molar-refractivity contribution in [3.05, 3.63) is 30.1 Å². The predicted octanol–water partition coefficient (Wildman–Crippen LogP) is 2.01. The summed E-state index contributed by atoms with van der Waals surface area (Å²) >= 11 is 0. The second-order valence-corrected chi connectivity index (χ2v) is 6.66. The highest BCUT2D eigenvalue weighted by atomic mass is 32.2. The van der Waals surface area contributed by atoms with Crippen LogP contribution in [0.15, 0.2) is 29.2 Å². The van der Waals surface area contributed by atoms with E-state index >= 15 is 0 Å². The van der Waals surface area contributed by atoms with Gasteiger partial charge in [0, 0.05) is 0 Å². The third-order valence-corrected chi connectivity index (χ3v) is 4.86. The Morgan fingerprint density at radius 3 is 2.35 bits per heavy atom. The van der Waals surface area contributed by atoms with Crippen molar-refractivity contribution in [1.29, 1.82) is 0 Å². The third kappa shape index (κ3) is 3.26. The van der Waals surface area contributed by atoms with Crippen LogP contribution in [0.1, 0.15) is 20.8 Å². The molecule has 0 saturated heterocycles. The standard InChI is InChI=1S/C12H17FO3S/c1-9(2)12(3,14)8-17(15,16)11-7-5-4-6-10(11)13/h4-7,9,14H,8H2,1-3H3. The molecule has 0 aliphatic rings. The molecular formula is C12H17FO3S. The predicted molar refractivity (Wildman–Crippen MR) is 63.9 cm³/mol. The van der Waals surface area contributed by atoms with Crippen LogP contribution in [0.4, 0.5) is 4.39 Å². The first-order chi connectivity index (χ1) is 7.67. The molecular weight excluding hydrogens is 243 g/mol. The Balaban J connectivity index is 3.11. The lowest BCUT2D eigenvalue weighted by atomic mass is 9.95. The quantitative estimate of drug-likeness (QED) is 0.901. The Labute approximate surface area is 101 Å². The molecule has 0 heterocycles. The fraction of sp³-hybridized carbons (Fsp3) is 0.500. The zero-order valence-electron chi connectivity index (χ0n) is 10.1. The molecule has 0 fully saturated rings. The highest BCUT2D eigenvalue weighted by molar-refractivity contribution is 7.91. The van der Waals surface area contributed by atoms with Gasteiger partial charge in [-0.25, -0.2) is 12.8 Å². The number of sulfone groups is 1. The molecule has 0 radical (unpaired) electrons. The van der Waals surface area contributed by atoms with Crippen molar-refractivity contribution in [2.45, 2.75) is 31.3 Å². The zero-order valence-corrected chi connectivity index (χ0v) is 11.0. The van der Waals surface area contributed by atoms with E-state index < -0.39 is 27.0 Å². The molecule has 0 saturated carbocycles. The maximum Gasteiger partial charge on any atom is 0.184 e. The van der Waals surface area contributed by atoms with E-state index in [1.807, 2.05) is 0 Å². The summed E-state index contributed by atoms with van der Waals surface area (Å²) in [5, 5.41) is 9.98. The second kappa shape index (κ2) is 4.74. The minimum absolute atomic E-state index is 0.232. The number of rotatable bonds is 4. The second-order valence-electron chi connectivity index (χ2n) is 4.70. The lowest BCUT2D eigenvalue weighted by Crippen LogP contribution is -2.39. The summed E-state index contributed by atoms with van der Waals surface area (Å²) < 4.78 is 37.3. The molecule has 1 unspecified atom stereocenters. The van der Waals surface area contributed by atoms with Gasteiger partial charge in [0.25, 0.3) is 0 Å². The lowest BCUT2D eigenvalue weighted by Gasteiger charge is -2.27. The summed E-state index contributed by atoms with van der Waals surface area (Å²) in [5.41, 5.74) is -1.37. The molecule has 0 aliphatic heterocycles. The van der Waals surface area contributed by atoms with Crippen LogP contribution in [0.3, 0.4) is 0 Å². The third-order valence-electron chi connectivity index (χ3n) is 2.90. The van der Waals surface area contributed by atoms with E-state index in [0.717, 1.165) is 6.07 Å². The Hall–Kier alpha value is -0.940. The number of halogens is 1. The largest absolute Gasteiger partial charge is 0.389 e. The fourth-order valence-electron chi connectivity index (χ4n) is 1.33. The Kier molecular flexibility index (Phi) is 3.94. The summed E-state index contributed by atoms with van der Waals surface area (Å²) in [6.45, 7) is 4.88. The number of hydrogen-bond donors (Lipinski definition) is 1. The monoisotopic (exact) mass is 260 g/mol. The summed E-state index contributed by atoms with van der Waals surface area (Å²) in [5.74, 6) is -1.50. The molecule has 0 amide bonds. The summed E-state index contributed by atoms with van der Waals surface area (Å²) in [6.07, 6.45) is 0. The fourth-order valence-corrected chi connectivity index (χ4v) is 3.24. The summed E-state index contributed by atoms with van der Waals surface area (Å²) in [7, 11) is -3.82. The molecule has 0 bridgehead atoms. The molecule has 1 rings (SSSR count). The van der Waals surface area contributed by atoms with Crippen LogP contribution in [0, 0.1) is 11.7 Å². The SMILES string of the molecule is CC(C)C(C)(O)CS(=O)(=O)c1ccccc1F. The maximum atomic E-state index is 13.4. The van der Waals surface area contributed by atoms with Crippen molar-refractivity contribution in [3.63, 3.8) is 0 Å². The Bertz CT molecular complexity index is 492. The van der Waals surface area contributed by atoms with Crippen LogP contribution in [-0.2, 0) is 9.84 Å². The first kappa shape index (κ1) is 14.1. The van der Waals surface area contributed by atoms with Gasteiger partial charge in [-0.05, 0) is 25.0 Å². The van der Waals surface area contributed by atoms with Crippen molar-refractivity contribution >= 4 is 9.84 Å². The maximum absolute atomic E-state index is 13.4. The number of aliphatic hydroxyl groups is 1. The minimum atomic E-state index is -3.82. The summed E-state index contributed by atoms with van der Waals surface area (Å²) in [6, 6.07) is 5.19. The average Bonchev–Trinajstić information content (AvgIpc) is 2.16. The van der Waals surface area contributed by atoms with Gasteiger partial charge in [-0.1, -0.05) is 26.0 Å². The van der Waals surface area contributed by atoms with E-state index in [0.29, 0.717) is 0 Å². The van der Waals surface area contributed by atoms with Gasteiger partial charge < -0.3 is 5.11 Å². The van der Waals surface area contributed by atoms with Gasteiger partial charge >= 0.3 is 0 Å². The van der Waals surface area contributed by atoms with Crippen molar-refractivity contribution in [2.24, 2.45) is 5.92 Å². The molecule has 5 heteroatoms. The van der Waals surface area contributed by atoms with Gasteiger partial charge in [0.1, 0.15) is 10.7 Å². The van der Waals surface area contributed by atoms with E-state index in [-0.39, 0.29) is 10.8 Å². The van der Waals surface area contributed by atoms with Gasteiger partial charge in [-0.3, -0.25) is 0 Å². The molecule has 1 aromatic carbocycles. The Morgan fingerprint density at radius 2 is 1.88 bits per heavy atom. The molecule has 0 aliphatic carbocycles. The highest BCUT2D eigenvalue weighted by Crippen LogP contribution is 2.24. The highest BCUT2D eigenvalue weighted by Gasteiger charge is 2.33. The molecule has 1 atom stereocenters. The van der Waals surface area contributed by atoms with Crippen LogP contribution >= 0.6 is 0 Å². The number of hydrogen-bond acceptors (Lipinski definition) is 3.